The Morgan fingerprint density at radius 3 is 3.05 bits per heavy atom. The van der Waals surface area contributed by atoms with Crippen molar-refractivity contribution in [1.82, 2.24) is 10.1 Å². The molecule has 0 aliphatic heterocycles. The predicted octanol–water partition coefficient (Wildman–Crippen LogP) is 2.40. The van der Waals surface area contributed by atoms with E-state index in [-0.39, 0.29) is 0 Å². The van der Waals surface area contributed by atoms with E-state index in [1.54, 1.807) is 0 Å². The molecule has 1 aliphatic carbocycles. The third-order valence-corrected chi connectivity index (χ3v) is 3.75. The fourth-order valence-corrected chi connectivity index (χ4v) is 2.76. The first-order valence-electron chi connectivity index (χ1n) is 7.34. The molecule has 1 saturated carbocycles. The Morgan fingerprint density at radius 2 is 2.32 bits per heavy atom. The van der Waals surface area contributed by atoms with Gasteiger partial charge < -0.3 is 15.0 Å². The zero-order valence-corrected chi connectivity index (χ0v) is 12.0. The van der Waals surface area contributed by atoms with E-state index in [9.17, 15) is 0 Å². The van der Waals surface area contributed by atoms with Gasteiger partial charge in [-0.1, -0.05) is 31.8 Å². The quantitative estimate of drug-likeness (QED) is 0.801. The second-order valence-corrected chi connectivity index (χ2v) is 5.73. The molecular weight excluding hydrogens is 242 g/mol. The van der Waals surface area contributed by atoms with Gasteiger partial charge in [0, 0.05) is 6.61 Å². The highest BCUT2D eigenvalue weighted by molar-refractivity contribution is 5.06. The van der Waals surface area contributed by atoms with E-state index in [2.05, 4.69) is 24.0 Å². The fraction of sp³-hybridized carbons (Fsp3) is 0.857. The van der Waals surface area contributed by atoms with Gasteiger partial charge in [-0.15, -0.1) is 0 Å². The van der Waals surface area contributed by atoms with Crippen LogP contribution in [0.4, 0.5) is 0 Å². The highest BCUT2D eigenvalue weighted by atomic mass is 16.5. The first-order chi connectivity index (χ1) is 9.14. The molecule has 5 nitrogen and oxygen atoms in total. The second-order valence-electron chi connectivity index (χ2n) is 5.73. The first-order valence-corrected chi connectivity index (χ1v) is 7.34. The van der Waals surface area contributed by atoms with Gasteiger partial charge in [0.1, 0.15) is 0 Å². The maximum Gasteiger partial charge on any atom is 0.229 e. The minimum atomic E-state index is -0.399. The van der Waals surface area contributed by atoms with E-state index in [1.807, 2.05) is 0 Å². The Balaban J connectivity index is 1.92. The summed E-state index contributed by atoms with van der Waals surface area (Å²) in [6, 6.07) is 0. The van der Waals surface area contributed by atoms with Crippen molar-refractivity contribution in [2.24, 2.45) is 11.7 Å². The van der Waals surface area contributed by atoms with Crippen LogP contribution in [0.2, 0.25) is 0 Å². The normalized spacial score (nSPS) is 27.6. The smallest absolute Gasteiger partial charge is 0.229 e. The van der Waals surface area contributed by atoms with Crippen molar-refractivity contribution >= 4 is 0 Å². The van der Waals surface area contributed by atoms with Gasteiger partial charge in [-0.3, -0.25) is 0 Å². The molecule has 0 amide bonds. The van der Waals surface area contributed by atoms with Crippen LogP contribution in [0, 0.1) is 5.92 Å². The lowest BCUT2D eigenvalue weighted by Crippen LogP contribution is -2.42. The lowest BCUT2D eigenvalue weighted by Gasteiger charge is -2.33. The van der Waals surface area contributed by atoms with Crippen LogP contribution in [0.1, 0.15) is 57.7 Å². The third-order valence-electron chi connectivity index (χ3n) is 3.75. The number of nitrogens with zero attached hydrogens (tertiary/aromatic N) is 2. The average molecular weight is 267 g/mol. The molecule has 1 aromatic rings. The van der Waals surface area contributed by atoms with Gasteiger partial charge in [-0.2, -0.15) is 4.98 Å². The van der Waals surface area contributed by atoms with Crippen LogP contribution < -0.4 is 5.73 Å². The zero-order chi connectivity index (χ0) is 13.7. The Labute approximate surface area is 114 Å². The van der Waals surface area contributed by atoms with Crippen LogP contribution in [0.25, 0.3) is 0 Å². The zero-order valence-electron chi connectivity index (χ0n) is 12.0. The molecule has 1 heterocycles. The van der Waals surface area contributed by atoms with E-state index >= 15 is 0 Å². The number of ether oxygens (including phenoxy) is 1. The van der Waals surface area contributed by atoms with Gasteiger partial charge in [0.25, 0.3) is 0 Å². The van der Waals surface area contributed by atoms with Crippen molar-refractivity contribution in [2.75, 3.05) is 13.2 Å². The highest BCUT2D eigenvalue weighted by Crippen LogP contribution is 2.36. The summed E-state index contributed by atoms with van der Waals surface area (Å²) in [5, 5.41) is 4.08. The molecule has 2 N–H and O–H groups in total. The number of nitrogens with two attached hydrogens (primary N) is 1. The molecule has 0 bridgehead atoms. The molecular formula is C14H25N3O2. The Morgan fingerprint density at radius 1 is 1.47 bits per heavy atom. The molecule has 0 spiro atoms. The number of rotatable bonds is 6. The van der Waals surface area contributed by atoms with Gasteiger partial charge >= 0.3 is 0 Å². The van der Waals surface area contributed by atoms with E-state index in [0.717, 1.165) is 32.3 Å². The van der Waals surface area contributed by atoms with Crippen LogP contribution in [0.3, 0.4) is 0 Å². The summed E-state index contributed by atoms with van der Waals surface area (Å²) in [5.74, 6) is 1.94. The van der Waals surface area contributed by atoms with E-state index < -0.39 is 5.54 Å². The van der Waals surface area contributed by atoms with Crippen LogP contribution in [-0.2, 0) is 16.7 Å². The summed E-state index contributed by atoms with van der Waals surface area (Å²) in [5.41, 5.74) is 6.05. The minimum Gasteiger partial charge on any atom is -0.381 e. The largest absolute Gasteiger partial charge is 0.381 e. The first kappa shape index (κ1) is 14.5. The van der Waals surface area contributed by atoms with Crippen molar-refractivity contribution in [3.05, 3.63) is 11.7 Å². The second kappa shape index (κ2) is 6.48. The summed E-state index contributed by atoms with van der Waals surface area (Å²) < 4.78 is 10.7. The van der Waals surface area contributed by atoms with Crippen molar-refractivity contribution in [2.45, 2.75) is 57.9 Å². The van der Waals surface area contributed by atoms with Crippen molar-refractivity contribution in [3.63, 3.8) is 0 Å². The molecule has 1 aromatic heterocycles. The lowest BCUT2D eigenvalue weighted by molar-refractivity contribution is 0.132. The van der Waals surface area contributed by atoms with Crippen molar-refractivity contribution < 1.29 is 9.26 Å². The highest BCUT2D eigenvalue weighted by Gasteiger charge is 2.36. The van der Waals surface area contributed by atoms with Crippen LogP contribution >= 0.6 is 0 Å². The van der Waals surface area contributed by atoms with Crippen LogP contribution in [0.5, 0.6) is 0 Å². The predicted molar refractivity (Wildman–Crippen MR) is 72.6 cm³/mol. The van der Waals surface area contributed by atoms with Crippen LogP contribution in [0.15, 0.2) is 4.52 Å². The maximum atomic E-state index is 6.44. The summed E-state index contributed by atoms with van der Waals surface area (Å²) in [7, 11) is 0. The summed E-state index contributed by atoms with van der Waals surface area (Å²) in [6.07, 6.45) is 5.97. The standard InChI is InChI=1S/C14H25N3O2/c1-3-8-18-9-6-12-16-13(17-19-12)14(15)7-4-5-11(2)10-14/h11H,3-10,15H2,1-2H3. The third kappa shape index (κ3) is 3.76. The molecule has 5 heteroatoms. The van der Waals surface area contributed by atoms with Crippen molar-refractivity contribution in [3.8, 4) is 0 Å². The van der Waals surface area contributed by atoms with Crippen LogP contribution in [-0.4, -0.2) is 23.4 Å². The summed E-state index contributed by atoms with van der Waals surface area (Å²) >= 11 is 0. The van der Waals surface area contributed by atoms with Gasteiger partial charge in [-0.25, -0.2) is 0 Å². The monoisotopic (exact) mass is 267 g/mol. The maximum absolute atomic E-state index is 6.44. The van der Waals surface area contributed by atoms with Gasteiger partial charge in [0.15, 0.2) is 5.82 Å². The van der Waals surface area contributed by atoms with Gasteiger partial charge in [0.05, 0.1) is 18.6 Å². The summed E-state index contributed by atoms with van der Waals surface area (Å²) in [6.45, 7) is 5.73. The molecule has 2 rings (SSSR count). The molecule has 19 heavy (non-hydrogen) atoms. The molecule has 1 aliphatic rings. The summed E-state index contributed by atoms with van der Waals surface area (Å²) in [4.78, 5) is 4.45. The molecule has 0 radical (unpaired) electrons. The number of hydrogen-bond donors (Lipinski definition) is 1. The number of hydrogen-bond acceptors (Lipinski definition) is 5. The Kier molecular flexibility index (Phi) is 4.93. The molecule has 108 valence electrons. The molecule has 1 fully saturated rings. The molecule has 0 saturated heterocycles. The average Bonchev–Trinajstić information content (AvgIpc) is 2.84. The number of aromatic nitrogens is 2. The Hall–Kier alpha value is -0.940. The molecule has 2 unspecified atom stereocenters. The van der Waals surface area contributed by atoms with E-state index in [4.69, 9.17) is 15.0 Å². The molecule has 0 aromatic carbocycles. The topological polar surface area (TPSA) is 74.2 Å². The SMILES string of the molecule is CCCOCCc1nc(C2(N)CCCC(C)C2)no1. The van der Waals surface area contributed by atoms with Crippen molar-refractivity contribution in [1.29, 1.82) is 0 Å². The minimum absolute atomic E-state index is 0.399. The Bertz CT molecular complexity index is 394. The molecule has 2 atom stereocenters. The van der Waals surface area contributed by atoms with E-state index in [1.165, 1.54) is 6.42 Å². The lowest BCUT2D eigenvalue weighted by atomic mass is 9.76. The van der Waals surface area contributed by atoms with Gasteiger partial charge in [-0.05, 0) is 25.2 Å². The fourth-order valence-electron chi connectivity index (χ4n) is 2.76. The van der Waals surface area contributed by atoms with E-state index in [0.29, 0.717) is 30.7 Å². The van der Waals surface area contributed by atoms with Gasteiger partial charge in [0.2, 0.25) is 5.89 Å².